The van der Waals surface area contributed by atoms with Crippen LogP contribution in [0.15, 0.2) is 18.2 Å². The van der Waals surface area contributed by atoms with Gasteiger partial charge in [0, 0.05) is 28.9 Å². The van der Waals surface area contributed by atoms with Crippen LogP contribution in [-0.2, 0) is 6.54 Å². The van der Waals surface area contributed by atoms with Crippen LogP contribution in [0.2, 0.25) is 0 Å². The molecule has 0 aromatic heterocycles. The van der Waals surface area contributed by atoms with Crippen molar-refractivity contribution in [1.82, 2.24) is 5.32 Å². The molecule has 1 aromatic rings. The number of hydrogen-bond donors (Lipinski definition) is 2. The van der Waals surface area contributed by atoms with E-state index in [9.17, 15) is 0 Å². The summed E-state index contributed by atoms with van der Waals surface area (Å²) in [6.07, 6.45) is 0. The first kappa shape index (κ1) is 8.31. The first-order chi connectivity index (χ1) is 5.86. The van der Waals surface area contributed by atoms with Crippen LogP contribution in [0.5, 0.6) is 0 Å². The monoisotopic (exact) mass is 274 g/mol. The highest BCUT2D eigenvalue weighted by Gasteiger charge is 2.05. The maximum atomic E-state index is 3.39. The lowest BCUT2D eigenvalue weighted by Gasteiger charge is -2.06. The van der Waals surface area contributed by atoms with E-state index in [1.54, 1.807) is 0 Å². The Morgan fingerprint density at radius 3 is 3.08 bits per heavy atom. The molecule has 0 radical (unpaired) electrons. The summed E-state index contributed by atoms with van der Waals surface area (Å²) in [7, 11) is 0. The topological polar surface area (TPSA) is 24.1 Å². The Kier molecular flexibility index (Phi) is 2.51. The summed E-state index contributed by atoms with van der Waals surface area (Å²) in [5.74, 6) is 0. The minimum absolute atomic E-state index is 0.985. The minimum atomic E-state index is 0.985. The molecule has 2 N–H and O–H groups in total. The smallest absolute Gasteiger partial charge is 0.0386 e. The Balaban J connectivity index is 2.36. The molecule has 0 aliphatic carbocycles. The fourth-order valence-corrected chi connectivity index (χ4v) is 1.95. The van der Waals surface area contributed by atoms with Crippen molar-refractivity contribution < 1.29 is 0 Å². The number of hydrogen-bond acceptors (Lipinski definition) is 2. The van der Waals surface area contributed by atoms with Gasteiger partial charge < -0.3 is 10.6 Å². The van der Waals surface area contributed by atoms with Crippen LogP contribution < -0.4 is 10.6 Å². The molecule has 1 aliphatic rings. The predicted molar refractivity (Wildman–Crippen MR) is 59.4 cm³/mol. The van der Waals surface area contributed by atoms with E-state index in [0.29, 0.717) is 0 Å². The molecule has 0 amide bonds. The van der Waals surface area contributed by atoms with E-state index in [1.807, 2.05) is 0 Å². The third-order valence-electron chi connectivity index (χ3n) is 2.00. The first-order valence-corrected chi connectivity index (χ1v) is 5.17. The Bertz CT molecular complexity index is 286. The van der Waals surface area contributed by atoms with E-state index >= 15 is 0 Å². The fraction of sp³-hybridized carbons (Fsp3) is 0.333. The normalized spacial score (nSPS) is 16.1. The van der Waals surface area contributed by atoms with Gasteiger partial charge in [0.15, 0.2) is 0 Å². The summed E-state index contributed by atoms with van der Waals surface area (Å²) in [5.41, 5.74) is 2.65. The summed E-state index contributed by atoms with van der Waals surface area (Å²) < 4.78 is 1.30. The minimum Gasteiger partial charge on any atom is -0.384 e. The Labute approximate surface area is 85.9 Å². The number of rotatable bonds is 0. The van der Waals surface area contributed by atoms with Gasteiger partial charge in [0.1, 0.15) is 0 Å². The summed E-state index contributed by atoms with van der Waals surface area (Å²) >= 11 is 2.34. The number of benzene rings is 1. The molecule has 1 heterocycles. The molecular weight excluding hydrogens is 263 g/mol. The van der Waals surface area contributed by atoms with E-state index in [1.165, 1.54) is 14.8 Å². The van der Waals surface area contributed by atoms with Crippen LogP contribution >= 0.6 is 22.6 Å². The molecule has 0 saturated carbocycles. The zero-order valence-corrected chi connectivity index (χ0v) is 8.89. The molecule has 1 aliphatic heterocycles. The quantitative estimate of drug-likeness (QED) is 0.705. The molecule has 0 bridgehead atoms. The van der Waals surface area contributed by atoms with Gasteiger partial charge in [-0.3, -0.25) is 0 Å². The number of halogens is 1. The van der Waals surface area contributed by atoms with Crippen molar-refractivity contribution in [2.75, 3.05) is 18.4 Å². The van der Waals surface area contributed by atoms with Gasteiger partial charge in [-0.25, -0.2) is 0 Å². The average molecular weight is 274 g/mol. The van der Waals surface area contributed by atoms with Crippen LogP contribution in [0.25, 0.3) is 0 Å². The van der Waals surface area contributed by atoms with Crippen molar-refractivity contribution in [3.05, 3.63) is 27.3 Å². The van der Waals surface area contributed by atoms with Crippen molar-refractivity contribution in [3.63, 3.8) is 0 Å². The van der Waals surface area contributed by atoms with Gasteiger partial charge in [0.25, 0.3) is 0 Å². The highest BCUT2D eigenvalue weighted by Crippen LogP contribution is 2.19. The van der Waals surface area contributed by atoms with Gasteiger partial charge in [-0.15, -0.1) is 0 Å². The highest BCUT2D eigenvalue weighted by molar-refractivity contribution is 14.1. The van der Waals surface area contributed by atoms with Gasteiger partial charge in [0.05, 0.1) is 0 Å². The van der Waals surface area contributed by atoms with Crippen molar-refractivity contribution in [2.45, 2.75) is 6.54 Å². The summed E-state index contributed by atoms with van der Waals surface area (Å²) in [6.45, 7) is 3.05. The lowest BCUT2D eigenvalue weighted by atomic mass is 10.2. The number of fused-ring (bicyclic) bond motifs is 1. The van der Waals surface area contributed by atoms with Crippen LogP contribution in [0.4, 0.5) is 5.69 Å². The molecule has 0 fully saturated rings. The average Bonchev–Trinajstić information content (AvgIpc) is 2.28. The number of anilines is 1. The molecular formula is C9H11IN2. The summed E-state index contributed by atoms with van der Waals surface area (Å²) in [5, 5.41) is 6.75. The van der Waals surface area contributed by atoms with E-state index in [4.69, 9.17) is 0 Å². The molecule has 1 aromatic carbocycles. The maximum absolute atomic E-state index is 3.39. The summed E-state index contributed by atoms with van der Waals surface area (Å²) in [4.78, 5) is 0. The SMILES string of the molecule is Ic1ccc2c(c1)CNCCN2. The van der Waals surface area contributed by atoms with Gasteiger partial charge in [-0.1, -0.05) is 0 Å². The Hall–Kier alpha value is -0.290. The lowest BCUT2D eigenvalue weighted by molar-refractivity contribution is 0.725. The second kappa shape index (κ2) is 3.62. The Morgan fingerprint density at radius 1 is 1.25 bits per heavy atom. The largest absolute Gasteiger partial charge is 0.384 e. The third-order valence-corrected chi connectivity index (χ3v) is 2.67. The standard InChI is InChI=1S/C9H11IN2/c10-8-1-2-9-7(5-8)6-11-3-4-12-9/h1-2,5,11-12H,3-4,6H2. The summed E-state index contributed by atoms with van der Waals surface area (Å²) in [6, 6.07) is 6.52. The molecule has 0 unspecified atom stereocenters. The lowest BCUT2D eigenvalue weighted by Crippen LogP contribution is -2.16. The van der Waals surface area contributed by atoms with Crippen LogP contribution in [0.1, 0.15) is 5.56 Å². The zero-order valence-electron chi connectivity index (χ0n) is 6.73. The third kappa shape index (κ3) is 1.72. The van der Waals surface area contributed by atoms with Gasteiger partial charge in [0.2, 0.25) is 0 Å². The van der Waals surface area contributed by atoms with Crippen LogP contribution in [-0.4, -0.2) is 13.1 Å². The van der Waals surface area contributed by atoms with Crippen molar-refractivity contribution >= 4 is 28.3 Å². The fourth-order valence-electron chi connectivity index (χ4n) is 1.39. The molecule has 2 nitrogen and oxygen atoms in total. The van der Waals surface area contributed by atoms with E-state index in [-0.39, 0.29) is 0 Å². The second-order valence-corrected chi connectivity index (χ2v) is 4.15. The van der Waals surface area contributed by atoms with Crippen molar-refractivity contribution in [3.8, 4) is 0 Å². The maximum Gasteiger partial charge on any atom is 0.0386 e. The van der Waals surface area contributed by atoms with Crippen molar-refractivity contribution in [2.24, 2.45) is 0 Å². The molecule has 12 heavy (non-hydrogen) atoms. The first-order valence-electron chi connectivity index (χ1n) is 4.09. The molecule has 0 atom stereocenters. The number of nitrogens with one attached hydrogen (secondary N) is 2. The highest BCUT2D eigenvalue weighted by atomic mass is 127. The van der Waals surface area contributed by atoms with Crippen molar-refractivity contribution in [1.29, 1.82) is 0 Å². The predicted octanol–water partition coefficient (Wildman–Crippen LogP) is 1.81. The van der Waals surface area contributed by atoms with E-state index in [0.717, 1.165) is 19.6 Å². The Morgan fingerprint density at radius 2 is 2.17 bits per heavy atom. The molecule has 2 rings (SSSR count). The molecule has 64 valence electrons. The van der Waals surface area contributed by atoms with E-state index in [2.05, 4.69) is 51.4 Å². The van der Waals surface area contributed by atoms with Gasteiger partial charge in [-0.05, 0) is 46.4 Å². The van der Waals surface area contributed by atoms with Gasteiger partial charge >= 0.3 is 0 Å². The second-order valence-electron chi connectivity index (χ2n) is 2.91. The van der Waals surface area contributed by atoms with Crippen LogP contribution in [0.3, 0.4) is 0 Å². The van der Waals surface area contributed by atoms with Gasteiger partial charge in [-0.2, -0.15) is 0 Å². The molecule has 0 spiro atoms. The molecule has 3 heteroatoms. The van der Waals surface area contributed by atoms with Crippen LogP contribution in [0, 0.1) is 3.57 Å². The zero-order chi connectivity index (χ0) is 8.39. The van der Waals surface area contributed by atoms with E-state index < -0.39 is 0 Å². The molecule has 0 saturated heterocycles.